The molecule has 1 nitrogen and oxygen atoms in total. The molecule has 0 bridgehead atoms. The van der Waals surface area contributed by atoms with Gasteiger partial charge in [-0.25, -0.2) is 0 Å². The molecule has 0 aliphatic carbocycles. The predicted molar refractivity (Wildman–Crippen MR) is 191 cm³/mol. The Kier molecular flexibility index (Phi) is 29.4. The van der Waals surface area contributed by atoms with Crippen LogP contribution in [0.15, 0.2) is 12.1 Å². The second-order valence-electron chi connectivity index (χ2n) is 13.6. The molecule has 0 saturated carbocycles. The second-order valence-corrected chi connectivity index (χ2v) is 13.6. The zero-order valence-corrected chi connectivity index (χ0v) is 29.1. The lowest BCUT2D eigenvalue weighted by Gasteiger charge is -2.10. The zero-order valence-electron chi connectivity index (χ0n) is 29.1. The van der Waals surface area contributed by atoms with Gasteiger partial charge in [0, 0.05) is 11.4 Å². The van der Waals surface area contributed by atoms with Gasteiger partial charge in [-0.15, -0.1) is 0 Å². The molecule has 1 aromatic heterocycles. The molecule has 1 radical (unpaired) electrons. The summed E-state index contributed by atoms with van der Waals surface area (Å²) in [4.78, 5) is 5.12. The summed E-state index contributed by atoms with van der Waals surface area (Å²) in [6.07, 6.45) is 45.7. The van der Waals surface area contributed by atoms with Crippen LogP contribution in [0.3, 0.4) is 0 Å². The van der Waals surface area contributed by atoms with Crippen LogP contribution in [0.5, 0.6) is 0 Å². The molecule has 245 valence electrons. The van der Waals surface area contributed by atoms with E-state index in [0.29, 0.717) is 0 Å². The number of pyridine rings is 1. The molecule has 0 spiro atoms. The van der Waals surface area contributed by atoms with E-state index >= 15 is 0 Å². The van der Waals surface area contributed by atoms with Crippen LogP contribution in [0.25, 0.3) is 0 Å². The first-order valence-electron chi connectivity index (χ1n) is 19.6. The maximum atomic E-state index is 5.12. The second kappa shape index (κ2) is 31.6. The molecule has 0 N–H and O–H groups in total. The van der Waals surface area contributed by atoms with E-state index < -0.39 is 0 Å². The van der Waals surface area contributed by atoms with Crippen LogP contribution >= 0.6 is 0 Å². The van der Waals surface area contributed by atoms with E-state index in [4.69, 9.17) is 4.98 Å². The standard InChI is InChI=1S/C41H76N/c1-4-7-10-12-14-16-18-20-22-24-26-28-30-32-35-40-37-39(34-9-6-3)38-41(42-40)36-33-31-29-27-25-23-21-19-17-15-13-11-8-5-2/h37-38H,3-36H2,1-2H3. The van der Waals surface area contributed by atoms with Gasteiger partial charge in [0.2, 0.25) is 0 Å². The summed E-state index contributed by atoms with van der Waals surface area (Å²) in [5.41, 5.74) is 4.22. The average Bonchev–Trinajstić information content (AvgIpc) is 3.00. The van der Waals surface area contributed by atoms with E-state index in [2.05, 4.69) is 32.9 Å². The van der Waals surface area contributed by atoms with Gasteiger partial charge in [0.25, 0.3) is 0 Å². The zero-order chi connectivity index (χ0) is 30.2. The number of unbranched alkanes of at least 4 members (excludes halogenated alkanes) is 27. The normalized spacial score (nSPS) is 11.5. The molecule has 0 aromatic carbocycles. The van der Waals surface area contributed by atoms with E-state index in [9.17, 15) is 0 Å². The van der Waals surface area contributed by atoms with Crippen molar-refractivity contribution in [3.05, 3.63) is 36.0 Å². The molecule has 0 amide bonds. The number of nitrogens with zero attached hydrogens (tertiary/aromatic N) is 1. The van der Waals surface area contributed by atoms with Crippen molar-refractivity contribution in [1.82, 2.24) is 4.98 Å². The fourth-order valence-corrected chi connectivity index (χ4v) is 6.45. The molecule has 42 heavy (non-hydrogen) atoms. The molecule has 0 saturated heterocycles. The first kappa shape index (κ1) is 39.2. The van der Waals surface area contributed by atoms with E-state index in [0.717, 1.165) is 6.42 Å². The Morgan fingerprint density at radius 1 is 0.381 bits per heavy atom. The summed E-state index contributed by atoms with van der Waals surface area (Å²) in [7, 11) is 0. The molecule has 0 aliphatic heterocycles. The third kappa shape index (κ3) is 25.6. The average molecular weight is 583 g/mol. The van der Waals surface area contributed by atoms with Crippen LogP contribution in [-0.4, -0.2) is 4.98 Å². The largest absolute Gasteiger partial charge is 0.258 e. The third-order valence-corrected chi connectivity index (χ3v) is 9.28. The minimum atomic E-state index is 1.03. The highest BCUT2D eigenvalue weighted by Gasteiger charge is 2.05. The van der Waals surface area contributed by atoms with E-state index in [1.54, 1.807) is 0 Å². The molecule has 0 fully saturated rings. The van der Waals surface area contributed by atoms with Crippen LogP contribution < -0.4 is 0 Å². The SMILES string of the molecule is [CH2]CCCc1cc(CCCCCCCCCCCCCCCC)nc(CCCCCCCCCCCCCCCC)c1. The van der Waals surface area contributed by atoms with Gasteiger partial charge in [-0.3, -0.25) is 4.98 Å². The maximum Gasteiger partial charge on any atom is 0.0409 e. The fourth-order valence-electron chi connectivity index (χ4n) is 6.45. The van der Waals surface area contributed by atoms with Gasteiger partial charge in [-0.2, -0.15) is 0 Å². The monoisotopic (exact) mass is 583 g/mol. The van der Waals surface area contributed by atoms with Crippen molar-refractivity contribution in [2.24, 2.45) is 0 Å². The molecular formula is C41H76N. The molecule has 0 atom stereocenters. The Balaban J connectivity index is 2.11. The Morgan fingerprint density at radius 2 is 0.667 bits per heavy atom. The smallest absolute Gasteiger partial charge is 0.0409 e. The van der Waals surface area contributed by atoms with Crippen molar-refractivity contribution in [2.75, 3.05) is 0 Å². The summed E-state index contributed by atoms with van der Waals surface area (Å²) in [5, 5.41) is 0. The van der Waals surface area contributed by atoms with Crippen molar-refractivity contribution in [1.29, 1.82) is 0 Å². The minimum absolute atomic E-state index is 1.03. The van der Waals surface area contributed by atoms with Crippen LogP contribution in [0.1, 0.15) is 223 Å². The van der Waals surface area contributed by atoms with Gasteiger partial charge in [0.1, 0.15) is 0 Å². The summed E-state index contributed by atoms with van der Waals surface area (Å²) in [6, 6.07) is 4.82. The summed E-state index contributed by atoms with van der Waals surface area (Å²) in [6.45, 7) is 8.68. The van der Waals surface area contributed by atoms with Gasteiger partial charge >= 0.3 is 0 Å². The number of rotatable bonds is 33. The predicted octanol–water partition coefficient (Wildman–Crippen LogP) is 14.3. The van der Waals surface area contributed by atoms with Gasteiger partial charge in [-0.1, -0.05) is 194 Å². The van der Waals surface area contributed by atoms with Crippen molar-refractivity contribution in [3.63, 3.8) is 0 Å². The highest BCUT2D eigenvalue weighted by molar-refractivity contribution is 5.22. The molecule has 1 heterocycles. The van der Waals surface area contributed by atoms with Gasteiger partial charge in [0.15, 0.2) is 0 Å². The topological polar surface area (TPSA) is 12.9 Å². The summed E-state index contributed by atoms with van der Waals surface area (Å²) < 4.78 is 0. The Bertz CT molecular complexity index is 615. The van der Waals surface area contributed by atoms with Crippen LogP contribution in [-0.2, 0) is 19.3 Å². The van der Waals surface area contributed by atoms with Crippen LogP contribution in [0.2, 0.25) is 0 Å². The number of aromatic nitrogens is 1. The van der Waals surface area contributed by atoms with E-state index in [-0.39, 0.29) is 0 Å². The van der Waals surface area contributed by atoms with Crippen LogP contribution in [0.4, 0.5) is 0 Å². The lowest BCUT2D eigenvalue weighted by molar-refractivity contribution is 0.534. The Morgan fingerprint density at radius 3 is 0.952 bits per heavy atom. The number of hydrogen-bond donors (Lipinski definition) is 0. The summed E-state index contributed by atoms with van der Waals surface area (Å²) in [5.74, 6) is 0. The van der Waals surface area contributed by atoms with Crippen molar-refractivity contribution in [2.45, 2.75) is 226 Å². The van der Waals surface area contributed by atoms with Gasteiger partial charge in [-0.05, 0) is 56.2 Å². The fraction of sp³-hybridized carbons (Fsp3) is 0.854. The van der Waals surface area contributed by atoms with Crippen molar-refractivity contribution < 1.29 is 0 Å². The van der Waals surface area contributed by atoms with Gasteiger partial charge < -0.3 is 0 Å². The van der Waals surface area contributed by atoms with E-state index in [1.807, 2.05) is 0 Å². The number of aryl methyl sites for hydroxylation is 3. The van der Waals surface area contributed by atoms with Crippen molar-refractivity contribution in [3.8, 4) is 0 Å². The molecule has 1 rings (SSSR count). The first-order valence-corrected chi connectivity index (χ1v) is 19.6. The molecule has 0 unspecified atom stereocenters. The molecular weight excluding hydrogens is 506 g/mol. The number of hydrogen-bond acceptors (Lipinski definition) is 1. The first-order chi connectivity index (χ1) is 20.8. The molecule has 0 aliphatic rings. The lowest BCUT2D eigenvalue weighted by Crippen LogP contribution is -2.00. The van der Waals surface area contributed by atoms with E-state index in [1.165, 1.54) is 222 Å². The minimum Gasteiger partial charge on any atom is -0.258 e. The van der Waals surface area contributed by atoms with Crippen molar-refractivity contribution >= 4 is 0 Å². The Labute approximate surface area is 266 Å². The molecule has 1 heteroatoms. The highest BCUT2D eigenvalue weighted by atomic mass is 14.7. The lowest BCUT2D eigenvalue weighted by atomic mass is 10.0. The Hall–Kier alpha value is -0.850. The summed E-state index contributed by atoms with van der Waals surface area (Å²) >= 11 is 0. The maximum absolute atomic E-state index is 5.12. The molecule has 1 aromatic rings. The highest BCUT2D eigenvalue weighted by Crippen LogP contribution is 2.18. The third-order valence-electron chi connectivity index (χ3n) is 9.28. The quantitative estimate of drug-likeness (QED) is 0.0751. The van der Waals surface area contributed by atoms with Crippen LogP contribution in [0, 0.1) is 6.92 Å². The van der Waals surface area contributed by atoms with Gasteiger partial charge in [0.05, 0.1) is 0 Å².